The summed E-state index contributed by atoms with van der Waals surface area (Å²) in [5.41, 5.74) is 0. The monoisotopic (exact) mass is 372 g/mol. The first-order valence-electron chi connectivity index (χ1n) is 6.53. The second kappa shape index (κ2) is 15.0. The zero-order chi connectivity index (χ0) is 12.9. The van der Waals surface area contributed by atoms with E-state index in [0.717, 1.165) is 51.9 Å². The van der Waals surface area contributed by atoms with E-state index in [2.05, 4.69) is 41.4 Å². The van der Waals surface area contributed by atoms with Crippen molar-refractivity contribution in [3.63, 3.8) is 0 Å². The van der Waals surface area contributed by atoms with Crippen molar-refractivity contribution in [2.45, 2.75) is 20.8 Å². The van der Waals surface area contributed by atoms with Crippen LogP contribution in [0.15, 0.2) is 4.99 Å². The van der Waals surface area contributed by atoms with Crippen LogP contribution in [0.4, 0.5) is 0 Å². The van der Waals surface area contributed by atoms with Crippen LogP contribution in [0, 0.1) is 0 Å². The first-order valence-corrected chi connectivity index (χ1v) is 6.53. The minimum atomic E-state index is 0. The maximum absolute atomic E-state index is 5.27. The largest absolute Gasteiger partial charge is 0.380 e. The molecule has 2 N–H and O–H groups in total. The van der Waals surface area contributed by atoms with Crippen LogP contribution in [0.3, 0.4) is 0 Å². The lowest BCUT2D eigenvalue weighted by molar-refractivity contribution is 0.152. The number of guanidine groups is 1. The predicted molar refractivity (Wildman–Crippen MR) is 89.1 cm³/mol. The highest BCUT2D eigenvalue weighted by Crippen LogP contribution is 1.82. The van der Waals surface area contributed by atoms with Crippen molar-refractivity contribution >= 4 is 29.9 Å². The number of halogens is 1. The highest BCUT2D eigenvalue weighted by atomic mass is 127. The van der Waals surface area contributed by atoms with E-state index in [9.17, 15) is 0 Å². The summed E-state index contributed by atoms with van der Waals surface area (Å²) in [7, 11) is 2.10. The Morgan fingerprint density at radius 2 is 1.94 bits per heavy atom. The second-order valence-corrected chi connectivity index (χ2v) is 3.78. The van der Waals surface area contributed by atoms with Crippen LogP contribution in [0.2, 0.25) is 0 Å². The summed E-state index contributed by atoms with van der Waals surface area (Å²) in [6.45, 7) is 12.2. The van der Waals surface area contributed by atoms with Gasteiger partial charge in [0.05, 0.1) is 13.2 Å². The Labute approximate surface area is 129 Å². The van der Waals surface area contributed by atoms with Crippen molar-refractivity contribution < 1.29 is 4.74 Å². The van der Waals surface area contributed by atoms with Gasteiger partial charge in [0.15, 0.2) is 5.96 Å². The number of rotatable bonds is 9. The maximum atomic E-state index is 5.27. The zero-order valence-corrected chi connectivity index (χ0v) is 14.5. The quantitative estimate of drug-likeness (QED) is 0.276. The predicted octanol–water partition coefficient (Wildman–Crippen LogP) is 1.15. The van der Waals surface area contributed by atoms with Gasteiger partial charge in [-0.15, -0.1) is 24.0 Å². The maximum Gasteiger partial charge on any atom is 0.191 e. The number of nitrogens with zero attached hydrogens (tertiary/aromatic N) is 2. The van der Waals surface area contributed by atoms with E-state index in [1.54, 1.807) is 0 Å². The summed E-state index contributed by atoms with van der Waals surface area (Å²) in [5.74, 6) is 0.872. The SMILES string of the molecule is CCNC(=NCCN(C)CC)NCCOCC.I. The summed E-state index contributed by atoms with van der Waals surface area (Å²) in [6.07, 6.45) is 0. The van der Waals surface area contributed by atoms with E-state index < -0.39 is 0 Å². The fraction of sp³-hybridized carbons (Fsp3) is 0.917. The second-order valence-electron chi connectivity index (χ2n) is 3.78. The smallest absolute Gasteiger partial charge is 0.191 e. The van der Waals surface area contributed by atoms with E-state index in [-0.39, 0.29) is 24.0 Å². The Hall–Kier alpha value is -0.0800. The molecule has 0 heterocycles. The summed E-state index contributed by atoms with van der Waals surface area (Å²) >= 11 is 0. The van der Waals surface area contributed by atoms with E-state index >= 15 is 0 Å². The van der Waals surface area contributed by atoms with Crippen molar-refractivity contribution in [3.05, 3.63) is 0 Å². The first kappa shape index (κ1) is 20.2. The summed E-state index contributed by atoms with van der Waals surface area (Å²) in [5, 5.41) is 6.46. The molecule has 0 saturated carbocycles. The molecule has 0 saturated heterocycles. The van der Waals surface area contributed by atoms with Gasteiger partial charge in [0.1, 0.15) is 0 Å². The van der Waals surface area contributed by atoms with Crippen LogP contribution in [-0.4, -0.2) is 63.8 Å². The molecule has 0 fully saturated rings. The molecule has 0 aromatic heterocycles. The summed E-state index contributed by atoms with van der Waals surface area (Å²) in [4.78, 5) is 6.74. The average molecular weight is 372 g/mol. The van der Waals surface area contributed by atoms with E-state index in [0.29, 0.717) is 0 Å². The van der Waals surface area contributed by atoms with Crippen molar-refractivity contribution in [1.29, 1.82) is 0 Å². The molecule has 0 aliphatic carbocycles. The first-order chi connectivity index (χ1) is 8.24. The summed E-state index contributed by atoms with van der Waals surface area (Å²) in [6, 6.07) is 0. The third-order valence-corrected chi connectivity index (χ3v) is 2.38. The van der Waals surface area contributed by atoms with E-state index in [1.807, 2.05) is 6.92 Å². The highest BCUT2D eigenvalue weighted by Gasteiger charge is 1.97. The minimum Gasteiger partial charge on any atom is -0.380 e. The fourth-order valence-electron chi connectivity index (χ4n) is 1.22. The van der Waals surface area contributed by atoms with Gasteiger partial charge in [-0.25, -0.2) is 0 Å². The standard InChI is InChI=1S/C12H28N4O.HI/c1-5-13-12(15-9-11-17-7-3)14-8-10-16(4)6-2;/h5-11H2,1-4H3,(H2,13,14,15);1H. The van der Waals surface area contributed by atoms with Gasteiger partial charge < -0.3 is 20.3 Å². The van der Waals surface area contributed by atoms with Crippen LogP contribution in [0.5, 0.6) is 0 Å². The Morgan fingerprint density at radius 3 is 2.50 bits per heavy atom. The van der Waals surface area contributed by atoms with Gasteiger partial charge in [-0.1, -0.05) is 6.92 Å². The van der Waals surface area contributed by atoms with Crippen molar-refractivity contribution in [2.75, 3.05) is 53.0 Å². The molecule has 0 aliphatic heterocycles. The van der Waals surface area contributed by atoms with Gasteiger partial charge in [-0.05, 0) is 27.4 Å². The topological polar surface area (TPSA) is 48.9 Å². The number of hydrogen-bond acceptors (Lipinski definition) is 3. The Bertz CT molecular complexity index is 203. The molecule has 0 bridgehead atoms. The lowest BCUT2D eigenvalue weighted by atomic mass is 10.5. The van der Waals surface area contributed by atoms with Gasteiger partial charge in [0, 0.05) is 26.2 Å². The molecule has 0 radical (unpaired) electrons. The molecule has 0 atom stereocenters. The fourth-order valence-corrected chi connectivity index (χ4v) is 1.22. The molecule has 5 nitrogen and oxygen atoms in total. The molecule has 0 unspecified atom stereocenters. The van der Waals surface area contributed by atoms with Crippen LogP contribution in [-0.2, 0) is 4.74 Å². The van der Waals surface area contributed by atoms with Crippen molar-refractivity contribution in [2.24, 2.45) is 4.99 Å². The van der Waals surface area contributed by atoms with E-state index in [4.69, 9.17) is 4.74 Å². The van der Waals surface area contributed by atoms with Crippen LogP contribution in [0.25, 0.3) is 0 Å². The molecule has 6 heteroatoms. The lowest BCUT2D eigenvalue weighted by Crippen LogP contribution is -2.39. The van der Waals surface area contributed by atoms with Gasteiger partial charge in [0.25, 0.3) is 0 Å². The molecule has 0 rings (SSSR count). The van der Waals surface area contributed by atoms with Gasteiger partial charge in [-0.2, -0.15) is 0 Å². The van der Waals surface area contributed by atoms with Gasteiger partial charge >= 0.3 is 0 Å². The van der Waals surface area contributed by atoms with Gasteiger partial charge in [-0.3, -0.25) is 4.99 Å². The highest BCUT2D eigenvalue weighted by molar-refractivity contribution is 14.0. The average Bonchev–Trinajstić information content (AvgIpc) is 2.34. The number of nitrogens with one attached hydrogen (secondary N) is 2. The van der Waals surface area contributed by atoms with E-state index in [1.165, 1.54) is 0 Å². The molecular formula is C12H29IN4O. The van der Waals surface area contributed by atoms with Crippen LogP contribution < -0.4 is 10.6 Å². The van der Waals surface area contributed by atoms with Crippen LogP contribution in [0.1, 0.15) is 20.8 Å². The number of aliphatic imine (C=N–C) groups is 1. The lowest BCUT2D eigenvalue weighted by Gasteiger charge is -2.14. The molecule has 0 aromatic carbocycles. The Balaban J connectivity index is 0. The van der Waals surface area contributed by atoms with Crippen molar-refractivity contribution in [1.82, 2.24) is 15.5 Å². The Kier molecular flexibility index (Phi) is 16.8. The molecule has 0 amide bonds. The molecule has 0 aromatic rings. The number of hydrogen-bond donors (Lipinski definition) is 2. The van der Waals surface area contributed by atoms with Crippen molar-refractivity contribution in [3.8, 4) is 0 Å². The minimum absolute atomic E-state index is 0. The summed E-state index contributed by atoms with van der Waals surface area (Å²) < 4.78 is 5.27. The third-order valence-electron chi connectivity index (χ3n) is 2.38. The molecule has 110 valence electrons. The normalized spacial score (nSPS) is 11.3. The molecule has 18 heavy (non-hydrogen) atoms. The Morgan fingerprint density at radius 1 is 1.22 bits per heavy atom. The number of likely N-dealkylation sites (N-methyl/N-ethyl adjacent to an activating group) is 1. The molecule has 0 spiro atoms. The molecule has 0 aliphatic rings. The number of ether oxygens (including phenoxy) is 1. The zero-order valence-electron chi connectivity index (χ0n) is 12.2. The molecular weight excluding hydrogens is 343 g/mol. The van der Waals surface area contributed by atoms with Crippen LogP contribution >= 0.6 is 24.0 Å². The van der Waals surface area contributed by atoms with Gasteiger partial charge in [0.2, 0.25) is 0 Å². The third kappa shape index (κ3) is 12.4.